The Labute approximate surface area is 191 Å². The molecule has 0 aliphatic carbocycles. The minimum absolute atomic E-state index is 0.319. The zero-order valence-corrected chi connectivity index (χ0v) is 18.4. The number of fused-ring (bicyclic) bond motifs is 1. The number of nitrogens with one attached hydrogen (secondary N) is 1. The summed E-state index contributed by atoms with van der Waals surface area (Å²) in [6, 6.07) is 1.68. The van der Waals surface area contributed by atoms with Gasteiger partial charge in [0.1, 0.15) is 0 Å². The van der Waals surface area contributed by atoms with Crippen LogP contribution >= 0.6 is 0 Å². The van der Waals surface area contributed by atoms with Gasteiger partial charge in [0.2, 0.25) is 5.65 Å². The van der Waals surface area contributed by atoms with Crippen molar-refractivity contribution in [1.29, 1.82) is 0 Å². The number of amides is 1. The second kappa shape index (κ2) is 10.5. The first kappa shape index (κ1) is 25.0. The third kappa shape index (κ3) is 6.01. The first-order chi connectivity index (χ1) is 16.1. The molecule has 0 spiro atoms. The van der Waals surface area contributed by atoms with Crippen LogP contribution in [-0.4, -0.2) is 67.6 Å². The number of aryl methyl sites for hydroxylation is 1. The number of carbonyl (C=O) groups excluding carboxylic acids is 1. The minimum Gasteiger partial charge on any atom is -0.478 e. The van der Waals surface area contributed by atoms with E-state index in [-0.39, 0.29) is 5.91 Å². The van der Waals surface area contributed by atoms with Crippen molar-refractivity contribution in [3.8, 4) is 5.88 Å². The molecule has 0 atom stereocenters. The topological polar surface area (TPSA) is 133 Å². The molecule has 4 rings (SSSR count). The lowest BCUT2D eigenvalue weighted by Crippen LogP contribution is -2.21. The number of hydrogen-bond acceptors (Lipinski definition) is 7. The Morgan fingerprint density at radius 3 is 2.50 bits per heavy atom. The molecule has 1 saturated heterocycles. The van der Waals surface area contributed by atoms with Crippen molar-refractivity contribution in [2.24, 2.45) is 0 Å². The number of alkyl halides is 3. The highest BCUT2D eigenvalue weighted by atomic mass is 19.4. The normalized spacial score (nSPS) is 14.4. The highest BCUT2D eigenvalue weighted by Crippen LogP contribution is 2.29. The standard InChI is InChI=1S/C18H22N6O3.C2HF3O2/c1-3-24-7-4-13(22-24)17(25)20-15-11-23-10-14(12-5-8-27-9-6-12)19-16(23)18(21-15)26-2;3-2(4,5)1(6)7/h4,7,10-12H,3,5-6,8-9H2,1-2H3,(H,20,25);(H,6,7). The number of rotatable bonds is 5. The summed E-state index contributed by atoms with van der Waals surface area (Å²) in [6.45, 7) is 4.17. The predicted octanol–water partition coefficient (Wildman–Crippen LogP) is 2.73. The third-order valence-corrected chi connectivity index (χ3v) is 4.94. The molecule has 184 valence electrons. The van der Waals surface area contributed by atoms with Crippen molar-refractivity contribution in [3.05, 3.63) is 36.0 Å². The van der Waals surface area contributed by atoms with E-state index in [1.807, 2.05) is 17.5 Å². The fourth-order valence-corrected chi connectivity index (χ4v) is 3.22. The van der Waals surface area contributed by atoms with E-state index < -0.39 is 12.1 Å². The van der Waals surface area contributed by atoms with E-state index in [0.29, 0.717) is 35.5 Å². The number of carboxylic acid groups (broad SMARTS) is 1. The zero-order valence-electron chi connectivity index (χ0n) is 18.4. The molecule has 2 N–H and O–H groups in total. The number of methoxy groups -OCH3 is 1. The van der Waals surface area contributed by atoms with E-state index in [0.717, 1.165) is 31.7 Å². The largest absolute Gasteiger partial charge is 0.490 e. The molecule has 0 radical (unpaired) electrons. The zero-order chi connectivity index (χ0) is 24.9. The first-order valence-corrected chi connectivity index (χ1v) is 10.3. The van der Waals surface area contributed by atoms with Crippen LogP contribution < -0.4 is 10.1 Å². The van der Waals surface area contributed by atoms with Crippen molar-refractivity contribution < 1.29 is 37.3 Å². The molecule has 0 saturated carbocycles. The number of aromatic nitrogens is 5. The lowest BCUT2D eigenvalue weighted by Gasteiger charge is -2.19. The Kier molecular flexibility index (Phi) is 7.71. The number of nitrogens with zero attached hydrogens (tertiary/aromatic N) is 5. The van der Waals surface area contributed by atoms with Gasteiger partial charge < -0.3 is 19.9 Å². The molecule has 0 unspecified atom stereocenters. The number of carboxylic acids is 1. The molecule has 0 aromatic carbocycles. The minimum atomic E-state index is -5.08. The molecule has 3 aromatic rings. The summed E-state index contributed by atoms with van der Waals surface area (Å²) in [4.78, 5) is 30.4. The molecule has 11 nitrogen and oxygen atoms in total. The number of anilines is 1. The Bertz CT molecular complexity index is 1150. The van der Waals surface area contributed by atoms with Crippen LogP contribution in [-0.2, 0) is 16.1 Å². The highest BCUT2D eigenvalue weighted by molar-refractivity contribution is 6.02. The van der Waals surface area contributed by atoms with Crippen LogP contribution in [0.3, 0.4) is 0 Å². The molecule has 1 amide bonds. The monoisotopic (exact) mass is 484 g/mol. The van der Waals surface area contributed by atoms with E-state index in [4.69, 9.17) is 24.4 Å². The summed E-state index contributed by atoms with van der Waals surface area (Å²) in [5.74, 6) is -1.97. The van der Waals surface area contributed by atoms with E-state index in [1.54, 1.807) is 30.3 Å². The third-order valence-electron chi connectivity index (χ3n) is 4.94. The van der Waals surface area contributed by atoms with E-state index in [2.05, 4.69) is 15.4 Å². The van der Waals surface area contributed by atoms with Gasteiger partial charge in [0, 0.05) is 38.1 Å². The maximum atomic E-state index is 12.4. The van der Waals surface area contributed by atoms with Gasteiger partial charge in [-0.15, -0.1) is 0 Å². The van der Waals surface area contributed by atoms with Gasteiger partial charge in [0.25, 0.3) is 11.8 Å². The highest BCUT2D eigenvalue weighted by Gasteiger charge is 2.38. The Morgan fingerprint density at radius 1 is 1.26 bits per heavy atom. The number of halogens is 3. The molecule has 1 fully saturated rings. The van der Waals surface area contributed by atoms with Crippen molar-refractivity contribution in [3.63, 3.8) is 0 Å². The predicted molar refractivity (Wildman–Crippen MR) is 112 cm³/mol. The first-order valence-electron chi connectivity index (χ1n) is 10.3. The van der Waals surface area contributed by atoms with Crippen molar-refractivity contribution in [2.75, 3.05) is 25.6 Å². The van der Waals surface area contributed by atoms with Gasteiger partial charge in [0.05, 0.1) is 19.0 Å². The lowest BCUT2D eigenvalue weighted by atomic mass is 9.97. The molecular weight excluding hydrogens is 461 g/mol. The maximum absolute atomic E-state index is 12.4. The van der Waals surface area contributed by atoms with Crippen molar-refractivity contribution in [2.45, 2.75) is 38.4 Å². The summed E-state index contributed by atoms with van der Waals surface area (Å²) >= 11 is 0. The van der Waals surface area contributed by atoms with Gasteiger partial charge in [-0.2, -0.15) is 23.3 Å². The van der Waals surface area contributed by atoms with Crippen LogP contribution in [0.25, 0.3) is 5.65 Å². The Balaban J connectivity index is 0.000000406. The Hall–Kier alpha value is -3.68. The summed E-state index contributed by atoms with van der Waals surface area (Å²) in [5.41, 5.74) is 1.96. The number of carbonyl (C=O) groups is 2. The number of ether oxygens (including phenoxy) is 2. The van der Waals surface area contributed by atoms with E-state index in [1.165, 1.54) is 0 Å². The summed E-state index contributed by atoms with van der Waals surface area (Å²) in [5, 5.41) is 14.1. The average Bonchev–Trinajstić information content (AvgIpc) is 3.46. The van der Waals surface area contributed by atoms with Crippen LogP contribution in [0.4, 0.5) is 19.0 Å². The quantitative estimate of drug-likeness (QED) is 0.565. The van der Waals surface area contributed by atoms with Crippen LogP contribution in [0, 0.1) is 0 Å². The molecular formula is C20H23F3N6O5. The summed E-state index contributed by atoms with van der Waals surface area (Å²) in [7, 11) is 1.54. The number of hydrogen-bond donors (Lipinski definition) is 2. The fraction of sp³-hybridized carbons (Fsp3) is 0.450. The van der Waals surface area contributed by atoms with Crippen LogP contribution in [0.1, 0.15) is 41.9 Å². The van der Waals surface area contributed by atoms with Crippen LogP contribution in [0.2, 0.25) is 0 Å². The lowest BCUT2D eigenvalue weighted by molar-refractivity contribution is -0.192. The summed E-state index contributed by atoms with van der Waals surface area (Å²) in [6.07, 6.45) is 2.29. The molecule has 0 bridgehead atoms. The van der Waals surface area contributed by atoms with Gasteiger partial charge in [-0.05, 0) is 25.8 Å². The second-order valence-electron chi connectivity index (χ2n) is 7.23. The molecule has 1 aliphatic heterocycles. The SMILES string of the molecule is CCn1ccc(C(=O)Nc2cn3cc(C4CCOCC4)nc3c(OC)n2)n1.O=C(O)C(F)(F)F. The van der Waals surface area contributed by atoms with Crippen molar-refractivity contribution >= 4 is 23.3 Å². The van der Waals surface area contributed by atoms with E-state index in [9.17, 15) is 18.0 Å². The second-order valence-corrected chi connectivity index (χ2v) is 7.23. The molecule has 3 aromatic heterocycles. The molecule has 14 heteroatoms. The van der Waals surface area contributed by atoms with Gasteiger partial charge in [0.15, 0.2) is 11.5 Å². The number of aliphatic carboxylic acids is 1. The van der Waals surface area contributed by atoms with Crippen LogP contribution in [0.5, 0.6) is 5.88 Å². The smallest absolute Gasteiger partial charge is 0.478 e. The average molecular weight is 484 g/mol. The Morgan fingerprint density at radius 2 is 1.94 bits per heavy atom. The molecule has 4 heterocycles. The van der Waals surface area contributed by atoms with E-state index >= 15 is 0 Å². The van der Waals surface area contributed by atoms with Gasteiger partial charge in [-0.25, -0.2) is 9.78 Å². The number of imidazole rings is 1. The maximum Gasteiger partial charge on any atom is 0.490 e. The molecule has 34 heavy (non-hydrogen) atoms. The van der Waals surface area contributed by atoms with Gasteiger partial charge in [-0.1, -0.05) is 0 Å². The van der Waals surface area contributed by atoms with Gasteiger partial charge in [-0.3, -0.25) is 13.9 Å². The van der Waals surface area contributed by atoms with Gasteiger partial charge >= 0.3 is 12.1 Å². The summed E-state index contributed by atoms with van der Waals surface area (Å²) < 4.78 is 46.1. The molecule has 1 aliphatic rings. The van der Waals surface area contributed by atoms with Crippen LogP contribution in [0.15, 0.2) is 24.7 Å². The van der Waals surface area contributed by atoms with Crippen molar-refractivity contribution in [1.82, 2.24) is 24.1 Å². The fourth-order valence-electron chi connectivity index (χ4n) is 3.22.